The molecule has 1 atom stereocenters. The summed E-state index contributed by atoms with van der Waals surface area (Å²) in [4.78, 5) is 38.4. The highest BCUT2D eigenvalue weighted by atomic mass is 16.6. The third-order valence-electron chi connectivity index (χ3n) is 16.8. The highest BCUT2D eigenvalue weighted by molar-refractivity contribution is 5.71. The SMILES string of the molecule is CCCCCCC/C=C\C/C=C\C/C=C\CCCCCCCCCCCCCCCCCCCCC(=O)OCC(COC(=O)CCCCCCC/C=C\CCCCCCCC)OC(=O)CCCCCCCCCCCCCCCCCCC. The molecular weight excluding hydrogens is 1020 g/mol. The quantitative estimate of drug-likeness (QED) is 0.0261. The Morgan fingerprint density at radius 1 is 0.241 bits per heavy atom. The third kappa shape index (κ3) is 70.0. The fourth-order valence-corrected chi connectivity index (χ4v) is 11.2. The van der Waals surface area contributed by atoms with Crippen molar-refractivity contribution in [3.8, 4) is 0 Å². The molecule has 0 amide bonds. The van der Waals surface area contributed by atoms with E-state index in [0.29, 0.717) is 19.3 Å². The number of rotatable bonds is 69. The highest BCUT2D eigenvalue weighted by Gasteiger charge is 2.19. The van der Waals surface area contributed by atoms with E-state index >= 15 is 0 Å². The maximum atomic E-state index is 12.9. The second kappa shape index (κ2) is 71.8. The van der Waals surface area contributed by atoms with Gasteiger partial charge in [0, 0.05) is 19.3 Å². The average molecular weight is 1160 g/mol. The molecule has 486 valence electrons. The van der Waals surface area contributed by atoms with Crippen molar-refractivity contribution in [2.45, 2.75) is 412 Å². The molecule has 0 radical (unpaired) electrons. The predicted molar refractivity (Wildman–Crippen MR) is 362 cm³/mol. The molecule has 1 unspecified atom stereocenters. The van der Waals surface area contributed by atoms with Crippen molar-refractivity contribution >= 4 is 17.9 Å². The second-order valence-corrected chi connectivity index (χ2v) is 25.2. The third-order valence-corrected chi connectivity index (χ3v) is 16.8. The molecule has 0 N–H and O–H groups in total. The maximum absolute atomic E-state index is 12.9. The molecule has 0 aliphatic heterocycles. The molecule has 0 aromatic rings. The van der Waals surface area contributed by atoms with Gasteiger partial charge in [-0.15, -0.1) is 0 Å². The van der Waals surface area contributed by atoms with Gasteiger partial charge in [0.25, 0.3) is 0 Å². The first-order chi connectivity index (χ1) is 41.0. The van der Waals surface area contributed by atoms with Crippen molar-refractivity contribution in [2.75, 3.05) is 13.2 Å². The predicted octanol–water partition coefficient (Wildman–Crippen LogP) is 25.7. The number of carbonyl (C=O) groups is 3. The number of hydrogen-bond acceptors (Lipinski definition) is 6. The van der Waals surface area contributed by atoms with E-state index in [0.717, 1.165) is 77.0 Å². The highest BCUT2D eigenvalue weighted by Crippen LogP contribution is 2.19. The van der Waals surface area contributed by atoms with Gasteiger partial charge in [-0.3, -0.25) is 14.4 Å². The molecule has 0 saturated carbocycles. The molecule has 0 heterocycles. The minimum atomic E-state index is -0.774. The van der Waals surface area contributed by atoms with E-state index in [9.17, 15) is 14.4 Å². The van der Waals surface area contributed by atoms with Crippen LogP contribution < -0.4 is 0 Å². The first kappa shape index (κ1) is 80.4. The van der Waals surface area contributed by atoms with E-state index in [1.165, 1.54) is 289 Å². The molecule has 0 aliphatic rings. The van der Waals surface area contributed by atoms with Crippen LogP contribution in [-0.4, -0.2) is 37.2 Å². The monoisotopic (exact) mass is 1160 g/mol. The van der Waals surface area contributed by atoms with Gasteiger partial charge in [-0.05, 0) is 83.5 Å². The number of allylic oxidation sites excluding steroid dienone is 8. The van der Waals surface area contributed by atoms with Gasteiger partial charge in [0.1, 0.15) is 13.2 Å². The van der Waals surface area contributed by atoms with Crippen LogP contribution in [0.15, 0.2) is 48.6 Å². The molecule has 0 rings (SSSR count). The lowest BCUT2D eigenvalue weighted by Gasteiger charge is -2.18. The minimum Gasteiger partial charge on any atom is -0.462 e. The molecule has 6 nitrogen and oxygen atoms in total. The lowest BCUT2D eigenvalue weighted by molar-refractivity contribution is -0.167. The lowest BCUT2D eigenvalue weighted by atomic mass is 10.0. The van der Waals surface area contributed by atoms with Gasteiger partial charge in [-0.25, -0.2) is 0 Å². The van der Waals surface area contributed by atoms with Crippen LogP contribution in [0.25, 0.3) is 0 Å². The van der Waals surface area contributed by atoms with Gasteiger partial charge in [-0.2, -0.15) is 0 Å². The van der Waals surface area contributed by atoms with E-state index in [1.54, 1.807) is 0 Å². The Morgan fingerprint density at radius 2 is 0.434 bits per heavy atom. The maximum Gasteiger partial charge on any atom is 0.306 e. The zero-order valence-corrected chi connectivity index (χ0v) is 56.0. The number of carbonyl (C=O) groups excluding carboxylic acids is 3. The summed E-state index contributed by atoms with van der Waals surface area (Å²) < 4.78 is 17.0. The summed E-state index contributed by atoms with van der Waals surface area (Å²) in [6.45, 7) is 6.69. The standard InChI is InChI=1S/C77H142O6/c1-4-7-10-13-16-19-22-25-28-30-31-32-33-34-35-36-37-38-39-40-41-42-43-44-45-47-49-52-55-58-61-64-67-70-76(79)82-73-74(72-81-75(78)69-66-63-60-57-54-51-48-27-24-21-18-15-12-9-6-3)83-77(80)71-68-65-62-59-56-53-50-46-29-26-23-20-17-14-11-8-5-2/h22,25,27,30-31,33-34,48,74H,4-21,23-24,26,28-29,32,35-47,49-73H2,1-3H3/b25-22-,31-30-,34-33-,48-27-. The van der Waals surface area contributed by atoms with Crippen molar-refractivity contribution in [1.29, 1.82) is 0 Å². The first-order valence-electron chi connectivity index (χ1n) is 37.1. The van der Waals surface area contributed by atoms with E-state index in [1.807, 2.05) is 0 Å². The van der Waals surface area contributed by atoms with Gasteiger partial charge < -0.3 is 14.2 Å². The van der Waals surface area contributed by atoms with Crippen LogP contribution in [0.5, 0.6) is 0 Å². The molecule has 0 aromatic heterocycles. The van der Waals surface area contributed by atoms with E-state index in [4.69, 9.17) is 14.2 Å². The van der Waals surface area contributed by atoms with Crippen molar-refractivity contribution in [1.82, 2.24) is 0 Å². The molecule has 83 heavy (non-hydrogen) atoms. The van der Waals surface area contributed by atoms with Crippen molar-refractivity contribution in [2.24, 2.45) is 0 Å². The molecule has 0 aliphatic carbocycles. The number of esters is 3. The van der Waals surface area contributed by atoms with Gasteiger partial charge in [0.15, 0.2) is 6.10 Å². The van der Waals surface area contributed by atoms with Crippen molar-refractivity contribution < 1.29 is 28.6 Å². The fraction of sp³-hybridized carbons (Fsp3) is 0.857. The molecule has 0 spiro atoms. The summed E-state index contributed by atoms with van der Waals surface area (Å²) in [5.74, 6) is -0.848. The van der Waals surface area contributed by atoms with Gasteiger partial charge in [-0.1, -0.05) is 352 Å². The normalized spacial score (nSPS) is 12.3. The first-order valence-corrected chi connectivity index (χ1v) is 37.1. The molecule has 0 saturated heterocycles. The Morgan fingerprint density at radius 3 is 0.687 bits per heavy atom. The van der Waals surface area contributed by atoms with Gasteiger partial charge >= 0.3 is 17.9 Å². The van der Waals surface area contributed by atoms with E-state index < -0.39 is 6.10 Å². The van der Waals surface area contributed by atoms with Crippen molar-refractivity contribution in [3.05, 3.63) is 48.6 Å². The number of hydrogen-bond donors (Lipinski definition) is 0. The molecule has 0 aromatic carbocycles. The minimum absolute atomic E-state index is 0.0696. The topological polar surface area (TPSA) is 78.9 Å². The van der Waals surface area contributed by atoms with E-state index in [2.05, 4.69) is 69.4 Å². The molecule has 6 heteroatoms. The smallest absolute Gasteiger partial charge is 0.306 e. The summed E-state index contributed by atoms with van der Waals surface area (Å²) in [7, 11) is 0. The number of ether oxygens (including phenoxy) is 3. The summed E-state index contributed by atoms with van der Waals surface area (Å²) >= 11 is 0. The Balaban J connectivity index is 4.16. The Kier molecular flexibility index (Phi) is 69.6. The molecule has 0 bridgehead atoms. The number of unbranched alkanes of at least 4 members (excludes halogenated alkanes) is 50. The Hall–Kier alpha value is -2.63. The largest absolute Gasteiger partial charge is 0.462 e. The molecule has 0 fully saturated rings. The van der Waals surface area contributed by atoms with Crippen LogP contribution in [0, 0.1) is 0 Å². The van der Waals surface area contributed by atoms with Crippen molar-refractivity contribution in [3.63, 3.8) is 0 Å². The van der Waals surface area contributed by atoms with Crippen LogP contribution in [0.4, 0.5) is 0 Å². The average Bonchev–Trinajstić information content (AvgIpc) is 3.49. The summed E-state index contributed by atoms with van der Waals surface area (Å²) in [6.07, 6.45) is 91.5. The Bertz CT molecular complexity index is 1430. The summed E-state index contributed by atoms with van der Waals surface area (Å²) in [5.41, 5.74) is 0. The zero-order valence-electron chi connectivity index (χ0n) is 56.0. The summed E-state index contributed by atoms with van der Waals surface area (Å²) in [6, 6.07) is 0. The van der Waals surface area contributed by atoms with Gasteiger partial charge in [0.2, 0.25) is 0 Å². The Labute approximate surface area is 518 Å². The summed E-state index contributed by atoms with van der Waals surface area (Å²) in [5, 5.41) is 0. The molecular formula is C77H142O6. The zero-order chi connectivity index (χ0) is 59.9. The van der Waals surface area contributed by atoms with Crippen LogP contribution in [0.3, 0.4) is 0 Å². The van der Waals surface area contributed by atoms with Crippen LogP contribution in [0.1, 0.15) is 406 Å². The van der Waals surface area contributed by atoms with E-state index in [-0.39, 0.29) is 31.1 Å². The van der Waals surface area contributed by atoms with Crippen LogP contribution >= 0.6 is 0 Å². The van der Waals surface area contributed by atoms with Crippen LogP contribution in [0.2, 0.25) is 0 Å². The fourth-order valence-electron chi connectivity index (χ4n) is 11.2. The van der Waals surface area contributed by atoms with Gasteiger partial charge in [0.05, 0.1) is 0 Å². The second-order valence-electron chi connectivity index (χ2n) is 25.2. The van der Waals surface area contributed by atoms with Crippen LogP contribution in [-0.2, 0) is 28.6 Å². The lowest BCUT2D eigenvalue weighted by Crippen LogP contribution is -2.30.